The Kier molecular flexibility index (Phi) is 5.01. The summed E-state index contributed by atoms with van der Waals surface area (Å²) < 4.78 is 46.9. The van der Waals surface area contributed by atoms with Crippen LogP contribution in [0.2, 0.25) is 0 Å². The van der Waals surface area contributed by atoms with Crippen LogP contribution in [0.15, 0.2) is 24.3 Å². The second kappa shape index (κ2) is 7.14. The van der Waals surface area contributed by atoms with Crippen molar-refractivity contribution in [2.75, 3.05) is 11.9 Å². The fraction of sp³-hybridized carbons (Fsp3) is 0.316. The van der Waals surface area contributed by atoms with Gasteiger partial charge in [0.05, 0.1) is 16.6 Å². The van der Waals surface area contributed by atoms with E-state index in [-0.39, 0.29) is 22.6 Å². The molecule has 0 saturated carbocycles. The Balaban J connectivity index is 1.83. The van der Waals surface area contributed by atoms with Crippen LogP contribution in [0.5, 0.6) is 5.88 Å². The number of carbonyl (C=O) groups excluding carboxylic acids is 1. The smallest absolute Gasteiger partial charge is 0.417 e. The Bertz CT molecular complexity index is 1060. The first kappa shape index (κ1) is 19.7. The minimum Gasteiger partial charge on any atom is -0.467 e. The molecule has 0 fully saturated rings. The van der Waals surface area contributed by atoms with Gasteiger partial charge in [0.2, 0.25) is 5.88 Å². The molecule has 0 atom stereocenters. The summed E-state index contributed by atoms with van der Waals surface area (Å²) >= 11 is 0. The van der Waals surface area contributed by atoms with Gasteiger partial charge >= 0.3 is 6.18 Å². The summed E-state index contributed by atoms with van der Waals surface area (Å²) in [5, 5.41) is 6.60. The molecular weight excluding hydrogens is 373 g/mol. The maximum absolute atomic E-state index is 13.5. The number of rotatable bonds is 4. The third kappa shape index (κ3) is 3.92. The number of ether oxygens (including phenoxy) is 1. The number of nitrogens with zero attached hydrogens (tertiary/aromatic N) is 3. The lowest BCUT2D eigenvalue weighted by atomic mass is 10.1. The lowest BCUT2D eigenvalue weighted by molar-refractivity contribution is -0.136. The number of aryl methyl sites for hydroxylation is 4. The highest BCUT2D eigenvalue weighted by Crippen LogP contribution is 2.37. The molecule has 0 aliphatic rings. The Morgan fingerprint density at radius 1 is 1.21 bits per heavy atom. The highest BCUT2D eigenvalue weighted by atomic mass is 19.4. The Morgan fingerprint density at radius 3 is 2.61 bits per heavy atom. The molecule has 3 rings (SSSR count). The van der Waals surface area contributed by atoms with Crippen LogP contribution in [0.1, 0.15) is 22.4 Å². The molecule has 0 radical (unpaired) electrons. The molecule has 0 aliphatic heterocycles. The molecule has 0 bridgehead atoms. The topological polar surface area (TPSA) is 69.0 Å². The van der Waals surface area contributed by atoms with E-state index in [0.29, 0.717) is 5.69 Å². The van der Waals surface area contributed by atoms with Crippen molar-refractivity contribution in [3.63, 3.8) is 0 Å². The van der Waals surface area contributed by atoms with E-state index in [2.05, 4.69) is 15.4 Å². The van der Waals surface area contributed by atoms with E-state index >= 15 is 0 Å². The number of halogens is 3. The lowest BCUT2D eigenvalue weighted by Crippen LogP contribution is -2.21. The molecular formula is C19H19F3N4O2. The van der Waals surface area contributed by atoms with Gasteiger partial charge in [-0.05, 0) is 38.0 Å². The third-order valence-corrected chi connectivity index (χ3v) is 4.27. The van der Waals surface area contributed by atoms with Gasteiger partial charge in [0.1, 0.15) is 0 Å². The number of fused-ring (bicyclic) bond motifs is 1. The second-order valence-corrected chi connectivity index (χ2v) is 6.57. The fourth-order valence-electron chi connectivity index (χ4n) is 2.92. The molecule has 0 unspecified atom stereocenters. The van der Waals surface area contributed by atoms with Crippen molar-refractivity contribution >= 4 is 22.6 Å². The maximum atomic E-state index is 13.5. The molecule has 0 aliphatic carbocycles. The molecule has 28 heavy (non-hydrogen) atoms. The Hall–Kier alpha value is -3.10. The van der Waals surface area contributed by atoms with Crippen molar-refractivity contribution in [1.29, 1.82) is 0 Å². The highest BCUT2D eigenvalue weighted by molar-refractivity contribution is 5.92. The van der Waals surface area contributed by atoms with Crippen LogP contribution in [-0.4, -0.2) is 27.3 Å². The van der Waals surface area contributed by atoms with Gasteiger partial charge < -0.3 is 10.1 Å². The van der Waals surface area contributed by atoms with E-state index in [1.807, 2.05) is 26.0 Å². The van der Waals surface area contributed by atoms with Gasteiger partial charge in [-0.15, -0.1) is 0 Å². The monoisotopic (exact) mass is 392 g/mol. The molecule has 0 spiro atoms. The molecule has 2 heterocycles. The molecule has 6 nitrogen and oxygen atoms in total. The van der Waals surface area contributed by atoms with Crippen LogP contribution in [0.4, 0.5) is 18.9 Å². The van der Waals surface area contributed by atoms with Crippen molar-refractivity contribution in [2.45, 2.75) is 26.9 Å². The fourth-order valence-corrected chi connectivity index (χ4v) is 2.92. The van der Waals surface area contributed by atoms with E-state index in [9.17, 15) is 18.0 Å². The standard InChI is InChI=1S/C19H19F3N4O2/c1-10-5-6-11(2)14(7-10)23-15(27)9-28-16-8-13(19(20,21)22)17-12(3)25-26(4)18(17)24-16/h5-8H,9H2,1-4H3,(H,23,27). The molecule has 1 amide bonds. The summed E-state index contributed by atoms with van der Waals surface area (Å²) in [4.78, 5) is 16.2. The summed E-state index contributed by atoms with van der Waals surface area (Å²) in [6.07, 6.45) is -4.60. The zero-order valence-electron chi connectivity index (χ0n) is 15.8. The number of aromatic nitrogens is 3. The highest BCUT2D eigenvalue weighted by Gasteiger charge is 2.35. The van der Waals surface area contributed by atoms with E-state index in [1.54, 1.807) is 6.07 Å². The minimum absolute atomic E-state index is 0.0391. The molecule has 3 aromatic rings. The second-order valence-electron chi connectivity index (χ2n) is 6.57. The number of amides is 1. The third-order valence-electron chi connectivity index (χ3n) is 4.27. The van der Waals surface area contributed by atoms with Crippen molar-refractivity contribution in [3.05, 3.63) is 46.6 Å². The minimum atomic E-state index is -4.60. The van der Waals surface area contributed by atoms with Crippen molar-refractivity contribution in [2.24, 2.45) is 7.05 Å². The number of alkyl halides is 3. The van der Waals surface area contributed by atoms with E-state index in [4.69, 9.17) is 4.74 Å². The first-order valence-electron chi connectivity index (χ1n) is 8.47. The van der Waals surface area contributed by atoms with Crippen LogP contribution in [0.25, 0.3) is 11.0 Å². The number of benzene rings is 1. The normalized spacial score (nSPS) is 11.7. The summed E-state index contributed by atoms with van der Waals surface area (Å²) in [5.74, 6) is -0.788. The summed E-state index contributed by atoms with van der Waals surface area (Å²) in [5.41, 5.74) is 1.82. The van der Waals surface area contributed by atoms with Gasteiger partial charge in [0.15, 0.2) is 12.3 Å². The molecule has 1 aromatic carbocycles. The van der Waals surface area contributed by atoms with Gasteiger partial charge in [-0.1, -0.05) is 12.1 Å². The van der Waals surface area contributed by atoms with Gasteiger partial charge in [0.25, 0.3) is 5.91 Å². The van der Waals surface area contributed by atoms with E-state index in [0.717, 1.165) is 17.2 Å². The molecule has 0 saturated heterocycles. The predicted molar refractivity (Wildman–Crippen MR) is 98.3 cm³/mol. The van der Waals surface area contributed by atoms with Crippen LogP contribution in [0, 0.1) is 20.8 Å². The summed E-state index contributed by atoms with van der Waals surface area (Å²) in [7, 11) is 1.50. The number of pyridine rings is 1. The lowest BCUT2D eigenvalue weighted by Gasteiger charge is -2.12. The predicted octanol–water partition coefficient (Wildman–Crippen LogP) is 3.93. The van der Waals surface area contributed by atoms with Crippen LogP contribution >= 0.6 is 0 Å². The molecule has 2 aromatic heterocycles. The van der Waals surface area contributed by atoms with Crippen LogP contribution in [-0.2, 0) is 18.0 Å². The number of nitrogens with one attached hydrogen (secondary N) is 1. The van der Waals surface area contributed by atoms with Gasteiger partial charge in [0, 0.05) is 18.8 Å². The van der Waals surface area contributed by atoms with E-state index < -0.39 is 24.3 Å². The maximum Gasteiger partial charge on any atom is 0.417 e. The Labute approximate surface area is 159 Å². The number of anilines is 1. The number of carbonyl (C=O) groups is 1. The SMILES string of the molecule is Cc1ccc(C)c(NC(=O)COc2cc(C(F)(F)F)c3c(C)nn(C)c3n2)c1. The quantitative estimate of drug-likeness (QED) is 0.731. The van der Waals surface area contributed by atoms with Gasteiger partial charge in [-0.3, -0.25) is 9.48 Å². The van der Waals surface area contributed by atoms with Crippen LogP contribution < -0.4 is 10.1 Å². The molecule has 1 N–H and O–H groups in total. The zero-order valence-corrected chi connectivity index (χ0v) is 15.8. The van der Waals surface area contributed by atoms with Crippen molar-refractivity contribution in [3.8, 4) is 5.88 Å². The average molecular weight is 392 g/mol. The largest absolute Gasteiger partial charge is 0.467 e. The first-order valence-corrected chi connectivity index (χ1v) is 8.47. The summed E-state index contributed by atoms with van der Waals surface area (Å²) in [6, 6.07) is 6.37. The zero-order chi connectivity index (χ0) is 20.6. The molecule has 148 valence electrons. The van der Waals surface area contributed by atoms with Crippen molar-refractivity contribution in [1.82, 2.24) is 14.8 Å². The first-order chi connectivity index (χ1) is 13.1. The van der Waals surface area contributed by atoms with E-state index in [1.165, 1.54) is 18.7 Å². The van der Waals surface area contributed by atoms with Crippen LogP contribution in [0.3, 0.4) is 0 Å². The number of hydrogen-bond donors (Lipinski definition) is 1. The Morgan fingerprint density at radius 2 is 1.93 bits per heavy atom. The summed E-state index contributed by atoms with van der Waals surface area (Å²) in [6.45, 7) is 4.74. The molecule has 9 heteroatoms. The number of hydrogen-bond acceptors (Lipinski definition) is 4. The van der Waals surface area contributed by atoms with Gasteiger partial charge in [-0.2, -0.15) is 23.3 Å². The van der Waals surface area contributed by atoms with Gasteiger partial charge in [-0.25, -0.2) is 0 Å². The van der Waals surface area contributed by atoms with Crippen molar-refractivity contribution < 1.29 is 22.7 Å². The average Bonchev–Trinajstić information content (AvgIpc) is 2.89.